The predicted molar refractivity (Wildman–Crippen MR) is 64.6 cm³/mol. The number of aromatic nitrogens is 2. The van der Waals surface area contributed by atoms with Crippen LogP contribution in [0.4, 0.5) is 13.2 Å². The van der Waals surface area contributed by atoms with Crippen LogP contribution in [0.2, 0.25) is 0 Å². The number of alkyl halides is 3. The lowest BCUT2D eigenvalue weighted by atomic mass is 10.4. The fraction of sp³-hybridized carbons (Fsp3) is 0.400. The number of aliphatic imine (C=N–C) groups is 2. The minimum absolute atomic E-state index is 0.180. The van der Waals surface area contributed by atoms with Crippen LogP contribution in [0, 0.1) is 6.92 Å². The maximum Gasteiger partial charge on any atom is 0.434 e. The van der Waals surface area contributed by atoms with E-state index in [1.54, 1.807) is 0 Å². The van der Waals surface area contributed by atoms with E-state index < -0.39 is 27.9 Å². The van der Waals surface area contributed by atoms with Gasteiger partial charge in [0.1, 0.15) is 0 Å². The molecular weight excluding hydrogens is 297 g/mol. The van der Waals surface area contributed by atoms with Crippen molar-refractivity contribution in [3.63, 3.8) is 0 Å². The molecule has 0 saturated carbocycles. The number of nitrogens with zero attached hydrogens (tertiary/aromatic N) is 4. The Labute approximate surface area is 112 Å². The molecule has 0 aliphatic carbocycles. The van der Waals surface area contributed by atoms with E-state index in [4.69, 9.17) is 0 Å². The average molecular weight is 306 g/mol. The van der Waals surface area contributed by atoms with Crippen molar-refractivity contribution in [3.8, 4) is 0 Å². The van der Waals surface area contributed by atoms with Gasteiger partial charge in [-0.15, -0.1) is 0 Å². The molecule has 10 heteroatoms. The van der Waals surface area contributed by atoms with E-state index >= 15 is 0 Å². The average Bonchev–Trinajstić information content (AvgIpc) is 2.75. The molecule has 1 aliphatic heterocycles. The van der Waals surface area contributed by atoms with Crippen molar-refractivity contribution in [2.75, 3.05) is 6.26 Å². The summed E-state index contributed by atoms with van der Waals surface area (Å²) < 4.78 is 60.2. The first-order valence-electron chi connectivity index (χ1n) is 5.31. The summed E-state index contributed by atoms with van der Waals surface area (Å²) in [4.78, 5) is 14.5. The van der Waals surface area contributed by atoms with Gasteiger partial charge >= 0.3 is 6.18 Å². The lowest BCUT2D eigenvalue weighted by Crippen LogP contribution is -2.22. The number of hydrogen-bond donors (Lipinski definition) is 0. The highest BCUT2D eigenvalue weighted by Crippen LogP contribution is 2.26. The zero-order valence-corrected chi connectivity index (χ0v) is 11.2. The first-order valence-corrected chi connectivity index (χ1v) is 7.20. The first kappa shape index (κ1) is 14.6. The second-order valence-corrected chi connectivity index (χ2v) is 6.10. The number of hydrogen-bond acceptors (Lipinski definition) is 6. The van der Waals surface area contributed by atoms with Crippen LogP contribution in [0.3, 0.4) is 0 Å². The minimum Gasteiger partial charge on any atom is -0.256 e. The van der Waals surface area contributed by atoms with Crippen molar-refractivity contribution in [1.82, 2.24) is 9.97 Å². The number of rotatable bonds is 2. The van der Waals surface area contributed by atoms with Gasteiger partial charge in [-0.3, -0.25) is 4.99 Å². The van der Waals surface area contributed by atoms with Crippen molar-refractivity contribution >= 4 is 21.8 Å². The number of halogens is 3. The van der Waals surface area contributed by atoms with Crippen LogP contribution in [-0.4, -0.2) is 42.7 Å². The molecule has 0 fully saturated rings. The molecule has 0 spiro atoms. The zero-order valence-electron chi connectivity index (χ0n) is 10.4. The third kappa shape index (κ3) is 3.00. The van der Waals surface area contributed by atoms with Crippen molar-refractivity contribution in [1.29, 1.82) is 0 Å². The topological polar surface area (TPSA) is 84.6 Å². The van der Waals surface area contributed by atoms with E-state index in [0.29, 0.717) is 11.9 Å². The molecule has 2 heterocycles. The van der Waals surface area contributed by atoms with E-state index in [0.717, 1.165) is 6.26 Å². The Morgan fingerprint density at radius 3 is 2.40 bits per heavy atom. The summed E-state index contributed by atoms with van der Waals surface area (Å²) in [6.07, 6.45) is -4.36. The molecule has 1 aromatic rings. The lowest BCUT2D eigenvalue weighted by Gasteiger charge is -2.07. The van der Waals surface area contributed by atoms with Crippen molar-refractivity contribution in [2.45, 2.75) is 24.3 Å². The van der Waals surface area contributed by atoms with Crippen LogP contribution in [0.5, 0.6) is 0 Å². The standard InChI is InChI=1S/C10H9F3N4O2S/c1-5-3-7(20(2,18)19)17-9(15-5)8-14-4-6(16-8)10(11,12)13/h3-4,8H,1-2H3. The predicted octanol–water partition coefficient (Wildman–Crippen LogP) is 1.27. The Bertz CT molecular complexity index is 710. The molecule has 2 rings (SSSR count). The zero-order chi connectivity index (χ0) is 15.1. The van der Waals surface area contributed by atoms with E-state index in [-0.39, 0.29) is 10.9 Å². The summed E-state index contributed by atoms with van der Waals surface area (Å²) >= 11 is 0. The highest BCUT2D eigenvalue weighted by molar-refractivity contribution is 7.90. The summed E-state index contributed by atoms with van der Waals surface area (Å²) in [6.45, 7) is 1.51. The van der Waals surface area contributed by atoms with E-state index in [1.165, 1.54) is 13.0 Å². The van der Waals surface area contributed by atoms with E-state index in [1.807, 2.05) is 0 Å². The van der Waals surface area contributed by atoms with E-state index in [9.17, 15) is 21.6 Å². The van der Waals surface area contributed by atoms with Crippen LogP contribution >= 0.6 is 0 Å². The summed E-state index contributed by atoms with van der Waals surface area (Å²) in [5.41, 5.74) is -0.838. The fourth-order valence-electron chi connectivity index (χ4n) is 1.48. The molecule has 1 unspecified atom stereocenters. The summed E-state index contributed by atoms with van der Waals surface area (Å²) in [5, 5.41) is -0.272. The molecule has 0 aromatic carbocycles. The van der Waals surface area contributed by atoms with Crippen LogP contribution in [0.15, 0.2) is 21.1 Å². The van der Waals surface area contributed by atoms with Gasteiger partial charge < -0.3 is 0 Å². The lowest BCUT2D eigenvalue weighted by molar-refractivity contribution is -0.0564. The maximum atomic E-state index is 12.4. The molecule has 0 radical (unpaired) electrons. The smallest absolute Gasteiger partial charge is 0.256 e. The van der Waals surface area contributed by atoms with Gasteiger partial charge in [-0.2, -0.15) is 13.2 Å². The van der Waals surface area contributed by atoms with E-state index in [2.05, 4.69) is 20.0 Å². The SMILES string of the molecule is Cc1cc(S(C)(=O)=O)nc(C2N=CC(C(F)(F)F)=N2)n1. The normalized spacial score (nSPS) is 19.2. The van der Waals surface area contributed by atoms with Gasteiger partial charge in [-0.1, -0.05) is 0 Å². The highest BCUT2D eigenvalue weighted by Gasteiger charge is 2.38. The molecule has 108 valence electrons. The minimum atomic E-state index is -4.61. The Morgan fingerprint density at radius 2 is 1.90 bits per heavy atom. The second kappa shape index (κ2) is 4.62. The molecule has 6 nitrogen and oxygen atoms in total. The second-order valence-electron chi connectivity index (χ2n) is 4.14. The van der Waals surface area contributed by atoms with Gasteiger partial charge in [0.05, 0.1) is 6.21 Å². The fourth-order valence-corrected chi connectivity index (χ4v) is 2.12. The maximum absolute atomic E-state index is 12.4. The van der Waals surface area contributed by atoms with Crippen LogP contribution < -0.4 is 0 Å². The summed E-state index contributed by atoms with van der Waals surface area (Å²) in [6, 6.07) is 1.23. The molecule has 20 heavy (non-hydrogen) atoms. The van der Waals surface area contributed by atoms with Gasteiger partial charge in [-0.05, 0) is 13.0 Å². The molecule has 0 bridgehead atoms. The van der Waals surface area contributed by atoms with Crippen LogP contribution in [0.25, 0.3) is 0 Å². The largest absolute Gasteiger partial charge is 0.434 e. The van der Waals surface area contributed by atoms with Gasteiger partial charge in [0, 0.05) is 11.9 Å². The highest BCUT2D eigenvalue weighted by atomic mass is 32.2. The summed E-state index contributed by atoms with van der Waals surface area (Å²) in [7, 11) is -3.59. The Kier molecular flexibility index (Phi) is 3.36. The number of sulfone groups is 1. The molecular formula is C10H9F3N4O2S. The Balaban J connectivity index is 2.44. The third-order valence-electron chi connectivity index (χ3n) is 2.35. The van der Waals surface area contributed by atoms with Crippen molar-refractivity contribution in [3.05, 3.63) is 17.6 Å². The Morgan fingerprint density at radius 1 is 1.25 bits per heavy atom. The Hall–Kier alpha value is -1.84. The van der Waals surface area contributed by atoms with Gasteiger partial charge in [0.25, 0.3) is 0 Å². The molecule has 1 atom stereocenters. The molecule has 0 N–H and O–H groups in total. The van der Waals surface area contributed by atoms with Crippen LogP contribution in [-0.2, 0) is 9.84 Å². The first-order chi connectivity index (χ1) is 9.07. The molecule has 0 saturated heterocycles. The molecule has 0 amide bonds. The number of aryl methyl sites for hydroxylation is 1. The molecule has 1 aliphatic rings. The molecule has 1 aromatic heterocycles. The summed E-state index contributed by atoms with van der Waals surface area (Å²) in [5.74, 6) is -0.180. The third-order valence-corrected chi connectivity index (χ3v) is 3.32. The van der Waals surface area contributed by atoms with Gasteiger partial charge in [-0.25, -0.2) is 23.4 Å². The monoisotopic (exact) mass is 306 g/mol. The van der Waals surface area contributed by atoms with Crippen molar-refractivity contribution in [2.24, 2.45) is 9.98 Å². The van der Waals surface area contributed by atoms with Gasteiger partial charge in [0.15, 0.2) is 32.6 Å². The van der Waals surface area contributed by atoms with Crippen LogP contribution in [0.1, 0.15) is 17.7 Å². The quantitative estimate of drug-likeness (QED) is 0.770. The van der Waals surface area contributed by atoms with Gasteiger partial charge in [0.2, 0.25) is 0 Å². The van der Waals surface area contributed by atoms with Crippen molar-refractivity contribution < 1.29 is 21.6 Å².